The number of fused-ring (bicyclic) bond motifs is 1. The van der Waals surface area contributed by atoms with E-state index >= 15 is 0 Å². The van der Waals surface area contributed by atoms with Crippen LogP contribution in [0.3, 0.4) is 0 Å². The van der Waals surface area contributed by atoms with Crippen molar-refractivity contribution in [2.45, 2.75) is 58.1 Å². The summed E-state index contributed by atoms with van der Waals surface area (Å²) in [7, 11) is 0. The van der Waals surface area contributed by atoms with E-state index in [0.29, 0.717) is 24.5 Å². The predicted molar refractivity (Wildman–Crippen MR) is 128 cm³/mol. The number of cyclic esters (lactones) is 1. The zero-order valence-corrected chi connectivity index (χ0v) is 19.7. The first-order valence-electron chi connectivity index (χ1n) is 12.0. The third-order valence-corrected chi connectivity index (χ3v) is 8.05. The second kappa shape index (κ2) is 9.68. The highest BCUT2D eigenvalue weighted by Gasteiger charge is 2.51. The van der Waals surface area contributed by atoms with Gasteiger partial charge in [0.2, 0.25) is 0 Å². The van der Waals surface area contributed by atoms with Crippen LogP contribution in [-0.4, -0.2) is 30.7 Å². The van der Waals surface area contributed by atoms with Gasteiger partial charge in [0.1, 0.15) is 18.8 Å². The van der Waals surface area contributed by atoms with Crippen LogP contribution in [0.5, 0.6) is 0 Å². The molecule has 1 aromatic carbocycles. The van der Waals surface area contributed by atoms with Gasteiger partial charge in [0.25, 0.3) is 0 Å². The lowest BCUT2D eigenvalue weighted by atomic mass is 9.51. The van der Waals surface area contributed by atoms with Crippen LogP contribution in [-0.2, 0) is 25.5 Å². The van der Waals surface area contributed by atoms with Crippen molar-refractivity contribution in [3.05, 3.63) is 71.8 Å². The lowest BCUT2D eigenvalue weighted by Crippen LogP contribution is -2.51. The molecule has 1 aliphatic heterocycles. The molecule has 0 aromatic heterocycles. The first-order valence-corrected chi connectivity index (χ1v) is 12.0. The summed E-state index contributed by atoms with van der Waals surface area (Å²) < 4.78 is 11.0. The molecule has 2 saturated carbocycles. The molecule has 0 saturated heterocycles. The van der Waals surface area contributed by atoms with Gasteiger partial charge in [0.05, 0.1) is 5.57 Å². The molecule has 1 aromatic rings. The van der Waals surface area contributed by atoms with Crippen molar-refractivity contribution < 1.29 is 19.1 Å². The van der Waals surface area contributed by atoms with Crippen molar-refractivity contribution in [1.29, 1.82) is 0 Å². The zero-order chi connectivity index (χ0) is 23.6. The highest BCUT2D eigenvalue weighted by atomic mass is 16.5. The standard InChI is InChI=1S/C28H35NO4/c1-18-9-11-23-19(2)25(33-27(31)24(29)17-20-7-5-4-6-8-20)13-15-28(23,3)22(18)12-10-21-14-16-32-26(21)30/h4-8,10,12,14,19,22-25H,1,9,11,13,15-17,29H2,2-3H3/b12-10+. The van der Waals surface area contributed by atoms with Gasteiger partial charge in [0.15, 0.2) is 0 Å². The molecule has 3 aliphatic rings. The summed E-state index contributed by atoms with van der Waals surface area (Å²) in [4.78, 5) is 24.6. The summed E-state index contributed by atoms with van der Waals surface area (Å²) in [5, 5.41) is 0. The highest BCUT2D eigenvalue weighted by Crippen LogP contribution is 2.57. The Kier molecular flexibility index (Phi) is 6.89. The van der Waals surface area contributed by atoms with Crippen molar-refractivity contribution in [3.8, 4) is 0 Å². The van der Waals surface area contributed by atoms with Crippen molar-refractivity contribution >= 4 is 11.9 Å². The topological polar surface area (TPSA) is 78.6 Å². The quantitative estimate of drug-likeness (QED) is 0.510. The van der Waals surface area contributed by atoms with Gasteiger partial charge in [-0.05, 0) is 61.0 Å². The molecule has 4 rings (SSSR count). The molecule has 2 fully saturated rings. The summed E-state index contributed by atoms with van der Waals surface area (Å²) in [6.07, 6.45) is 9.94. The van der Waals surface area contributed by atoms with Gasteiger partial charge < -0.3 is 15.2 Å². The summed E-state index contributed by atoms with van der Waals surface area (Å²) in [5.74, 6) is 0.244. The number of allylic oxidation sites excluding steroid dienone is 2. The number of ether oxygens (including phenoxy) is 2. The minimum atomic E-state index is -0.658. The fraction of sp³-hybridized carbons (Fsp3) is 0.500. The van der Waals surface area contributed by atoms with E-state index < -0.39 is 6.04 Å². The van der Waals surface area contributed by atoms with Crippen molar-refractivity contribution in [1.82, 2.24) is 0 Å². The SMILES string of the molecule is C=C1CCC2C(C)C(OC(=O)C(N)Cc3ccccc3)CCC2(C)C1/C=C/C1=CCOC1=O. The van der Waals surface area contributed by atoms with Gasteiger partial charge in [-0.3, -0.25) is 4.79 Å². The summed E-state index contributed by atoms with van der Waals surface area (Å²) in [5.41, 5.74) is 9.07. The van der Waals surface area contributed by atoms with E-state index in [4.69, 9.17) is 15.2 Å². The van der Waals surface area contributed by atoms with Crippen LogP contribution in [0.1, 0.15) is 45.1 Å². The number of benzene rings is 1. The van der Waals surface area contributed by atoms with E-state index in [1.807, 2.05) is 42.5 Å². The molecule has 5 nitrogen and oxygen atoms in total. The van der Waals surface area contributed by atoms with E-state index in [1.54, 1.807) is 0 Å². The van der Waals surface area contributed by atoms with Crippen LogP contribution >= 0.6 is 0 Å². The molecule has 0 bridgehead atoms. The number of rotatable bonds is 6. The first kappa shape index (κ1) is 23.5. The predicted octanol–water partition coefficient (Wildman–Crippen LogP) is 4.53. The lowest BCUT2D eigenvalue weighted by Gasteiger charge is -2.55. The fourth-order valence-corrected chi connectivity index (χ4v) is 6.12. The monoisotopic (exact) mass is 449 g/mol. The third kappa shape index (κ3) is 4.84. The molecule has 33 heavy (non-hydrogen) atoms. The van der Waals surface area contributed by atoms with Gasteiger partial charge in [-0.2, -0.15) is 0 Å². The summed E-state index contributed by atoms with van der Waals surface area (Å²) in [6, 6.07) is 9.15. The maximum atomic E-state index is 12.8. The Bertz CT molecular complexity index is 965. The molecule has 5 heteroatoms. The molecule has 2 N–H and O–H groups in total. The van der Waals surface area contributed by atoms with Crippen molar-refractivity contribution in [2.75, 3.05) is 6.61 Å². The van der Waals surface area contributed by atoms with Crippen molar-refractivity contribution in [3.63, 3.8) is 0 Å². The maximum Gasteiger partial charge on any atom is 0.338 e. The molecule has 6 unspecified atom stereocenters. The Labute approximate surface area is 196 Å². The summed E-state index contributed by atoms with van der Waals surface area (Å²) >= 11 is 0. The Morgan fingerprint density at radius 3 is 2.79 bits per heavy atom. The highest BCUT2D eigenvalue weighted by molar-refractivity contribution is 5.93. The molecular weight excluding hydrogens is 414 g/mol. The van der Waals surface area contributed by atoms with E-state index in [1.165, 1.54) is 5.57 Å². The normalized spacial score (nSPS) is 32.8. The summed E-state index contributed by atoms with van der Waals surface area (Å²) in [6.45, 7) is 9.24. The number of hydrogen-bond donors (Lipinski definition) is 1. The van der Waals surface area contributed by atoms with Crippen LogP contribution in [0.25, 0.3) is 0 Å². The number of carbonyl (C=O) groups is 2. The van der Waals surface area contributed by atoms with Gasteiger partial charge in [-0.1, -0.05) is 68.5 Å². The van der Waals surface area contributed by atoms with E-state index in [9.17, 15) is 9.59 Å². The van der Waals surface area contributed by atoms with Crippen LogP contribution < -0.4 is 5.73 Å². The second-order valence-corrected chi connectivity index (χ2v) is 10.1. The lowest BCUT2D eigenvalue weighted by molar-refractivity contribution is -0.162. The van der Waals surface area contributed by atoms with Gasteiger partial charge in [-0.15, -0.1) is 0 Å². The molecule has 6 atom stereocenters. The fourth-order valence-electron chi connectivity index (χ4n) is 6.12. The smallest absolute Gasteiger partial charge is 0.338 e. The van der Waals surface area contributed by atoms with E-state index in [2.05, 4.69) is 26.5 Å². The number of nitrogens with two attached hydrogens (primary N) is 1. The molecule has 2 aliphatic carbocycles. The molecule has 0 spiro atoms. The van der Waals surface area contributed by atoms with Crippen molar-refractivity contribution in [2.24, 2.45) is 28.9 Å². The van der Waals surface area contributed by atoms with Gasteiger partial charge in [0, 0.05) is 5.92 Å². The zero-order valence-electron chi connectivity index (χ0n) is 19.7. The molecule has 1 heterocycles. The van der Waals surface area contributed by atoms with Crippen LogP contribution in [0.15, 0.2) is 66.3 Å². The van der Waals surface area contributed by atoms with Gasteiger partial charge in [-0.25, -0.2) is 4.79 Å². The van der Waals surface area contributed by atoms with E-state index in [-0.39, 0.29) is 35.3 Å². The molecular formula is C28H35NO4. The van der Waals surface area contributed by atoms with Gasteiger partial charge >= 0.3 is 11.9 Å². The van der Waals surface area contributed by atoms with Crippen LogP contribution in [0, 0.1) is 23.2 Å². The minimum absolute atomic E-state index is 0.0172. The maximum absolute atomic E-state index is 12.8. The largest absolute Gasteiger partial charge is 0.461 e. The Morgan fingerprint density at radius 1 is 1.33 bits per heavy atom. The third-order valence-electron chi connectivity index (χ3n) is 8.05. The average molecular weight is 450 g/mol. The number of carbonyl (C=O) groups excluding carboxylic acids is 2. The molecule has 0 radical (unpaired) electrons. The second-order valence-electron chi connectivity index (χ2n) is 10.1. The van der Waals surface area contributed by atoms with Crippen LogP contribution in [0.2, 0.25) is 0 Å². The Hall–Kier alpha value is -2.66. The Morgan fingerprint density at radius 2 is 2.09 bits per heavy atom. The number of esters is 2. The Balaban J connectivity index is 1.43. The molecule has 176 valence electrons. The van der Waals surface area contributed by atoms with Crippen LogP contribution in [0.4, 0.5) is 0 Å². The average Bonchev–Trinajstić information content (AvgIpc) is 3.20. The first-order chi connectivity index (χ1) is 15.8. The van der Waals surface area contributed by atoms with E-state index in [0.717, 1.165) is 31.2 Å². The minimum Gasteiger partial charge on any atom is -0.461 e. The number of hydrogen-bond acceptors (Lipinski definition) is 5. The molecule has 0 amide bonds.